The van der Waals surface area contributed by atoms with E-state index in [1.54, 1.807) is 6.33 Å². The lowest BCUT2D eigenvalue weighted by atomic mass is 10.0. The number of hydrogen-bond acceptors (Lipinski definition) is 5. The fourth-order valence-corrected chi connectivity index (χ4v) is 3.39. The molecule has 0 bridgehead atoms. The minimum Gasteiger partial charge on any atom is -0.382 e. The van der Waals surface area contributed by atoms with Gasteiger partial charge in [0.2, 0.25) is 5.95 Å². The molecule has 0 unspecified atom stereocenters. The van der Waals surface area contributed by atoms with Gasteiger partial charge >= 0.3 is 0 Å². The van der Waals surface area contributed by atoms with Crippen LogP contribution in [-0.4, -0.2) is 26.1 Å². The minimum atomic E-state index is 0.412. The van der Waals surface area contributed by atoms with Crippen LogP contribution < -0.4 is 11.1 Å². The molecule has 0 aliphatic rings. The Morgan fingerprint density at radius 2 is 1.89 bits per heavy atom. The number of nitrogens with zero attached hydrogens (tertiary/aromatic N) is 4. The lowest BCUT2D eigenvalue weighted by Crippen LogP contribution is -2.11. The van der Waals surface area contributed by atoms with Gasteiger partial charge in [0.1, 0.15) is 5.52 Å². The Bertz CT molecular complexity index is 1080. The number of benzene rings is 2. The molecule has 0 radical (unpaired) electrons. The first-order valence-electron chi connectivity index (χ1n) is 9.30. The molecule has 0 spiro atoms. The second-order valence-electron chi connectivity index (χ2n) is 7.21. The predicted octanol–water partition coefficient (Wildman–Crippen LogP) is 3.87. The first-order chi connectivity index (χ1) is 13.1. The van der Waals surface area contributed by atoms with E-state index in [4.69, 9.17) is 5.73 Å². The Morgan fingerprint density at radius 3 is 2.74 bits per heavy atom. The summed E-state index contributed by atoms with van der Waals surface area (Å²) in [6, 6.07) is 14.8. The van der Waals surface area contributed by atoms with Crippen molar-refractivity contribution < 1.29 is 0 Å². The van der Waals surface area contributed by atoms with Gasteiger partial charge in [-0.3, -0.25) is 0 Å². The van der Waals surface area contributed by atoms with Crippen LogP contribution in [0.2, 0.25) is 0 Å². The van der Waals surface area contributed by atoms with E-state index in [1.165, 1.54) is 16.3 Å². The molecule has 6 nitrogen and oxygen atoms in total. The van der Waals surface area contributed by atoms with Crippen molar-refractivity contribution in [3.63, 3.8) is 0 Å². The van der Waals surface area contributed by atoms with E-state index in [0.29, 0.717) is 23.2 Å². The number of nitrogen functional groups attached to an aromatic ring is 1. The summed E-state index contributed by atoms with van der Waals surface area (Å²) in [5.74, 6) is 1.46. The number of imidazole rings is 1. The zero-order chi connectivity index (χ0) is 18.8. The summed E-state index contributed by atoms with van der Waals surface area (Å²) in [6.45, 7) is 5.92. The molecule has 2 aromatic carbocycles. The van der Waals surface area contributed by atoms with E-state index >= 15 is 0 Å². The van der Waals surface area contributed by atoms with Gasteiger partial charge in [-0.2, -0.15) is 9.97 Å². The Labute approximate surface area is 158 Å². The van der Waals surface area contributed by atoms with Gasteiger partial charge in [-0.1, -0.05) is 56.3 Å². The van der Waals surface area contributed by atoms with E-state index < -0.39 is 0 Å². The number of hydrogen-bond donors (Lipinski definition) is 2. The van der Waals surface area contributed by atoms with Crippen LogP contribution in [-0.2, 0) is 13.0 Å². The van der Waals surface area contributed by atoms with Crippen molar-refractivity contribution in [3.05, 3.63) is 54.4 Å². The van der Waals surface area contributed by atoms with Crippen LogP contribution in [0.1, 0.15) is 19.4 Å². The molecule has 0 fully saturated rings. The summed E-state index contributed by atoms with van der Waals surface area (Å²) in [4.78, 5) is 13.4. The monoisotopic (exact) mass is 360 g/mol. The molecular weight excluding hydrogens is 336 g/mol. The van der Waals surface area contributed by atoms with E-state index in [-0.39, 0.29) is 0 Å². The normalized spacial score (nSPS) is 11.5. The summed E-state index contributed by atoms with van der Waals surface area (Å²) < 4.78 is 2.04. The smallest absolute Gasteiger partial charge is 0.226 e. The van der Waals surface area contributed by atoms with Gasteiger partial charge in [-0.25, -0.2) is 4.98 Å². The summed E-state index contributed by atoms with van der Waals surface area (Å²) in [7, 11) is 0. The average Bonchev–Trinajstić information content (AvgIpc) is 3.05. The van der Waals surface area contributed by atoms with Crippen LogP contribution in [0.4, 0.5) is 11.8 Å². The van der Waals surface area contributed by atoms with E-state index in [9.17, 15) is 0 Å². The van der Waals surface area contributed by atoms with Crippen LogP contribution in [0.5, 0.6) is 0 Å². The summed E-state index contributed by atoms with van der Waals surface area (Å²) >= 11 is 0. The summed E-state index contributed by atoms with van der Waals surface area (Å²) in [5, 5.41) is 5.86. The van der Waals surface area contributed by atoms with Crippen LogP contribution in [0.15, 0.2) is 48.8 Å². The Kier molecular flexibility index (Phi) is 4.62. The largest absolute Gasteiger partial charge is 0.382 e. The van der Waals surface area contributed by atoms with Gasteiger partial charge in [0.25, 0.3) is 0 Å². The van der Waals surface area contributed by atoms with Crippen LogP contribution >= 0.6 is 0 Å². The molecule has 27 heavy (non-hydrogen) atoms. The van der Waals surface area contributed by atoms with Crippen molar-refractivity contribution >= 4 is 33.7 Å². The highest BCUT2D eigenvalue weighted by molar-refractivity contribution is 5.85. The molecule has 0 amide bonds. The Hall–Kier alpha value is -3.15. The highest BCUT2D eigenvalue weighted by Gasteiger charge is 2.12. The molecule has 2 heterocycles. The molecule has 4 aromatic rings. The lowest BCUT2D eigenvalue weighted by Gasteiger charge is -2.10. The molecule has 0 saturated carbocycles. The molecule has 4 rings (SSSR count). The Balaban J connectivity index is 1.53. The topological polar surface area (TPSA) is 81.7 Å². The minimum absolute atomic E-state index is 0.412. The van der Waals surface area contributed by atoms with Gasteiger partial charge in [0, 0.05) is 13.1 Å². The number of aromatic nitrogens is 4. The third-order valence-corrected chi connectivity index (χ3v) is 4.61. The van der Waals surface area contributed by atoms with Crippen LogP contribution in [0, 0.1) is 5.92 Å². The SMILES string of the molecule is CC(C)Cn1cnc2c(N)nc(NCCc3cccc4ccccc34)nc21. The quantitative estimate of drug-likeness (QED) is 0.545. The first kappa shape index (κ1) is 17.3. The van der Waals surface area contributed by atoms with E-state index in [1.807, 2.05) is 4.57 Å². The molecule has 0 aliphatic heterocycles. The number of nitrogens with two attached hydrogens (primary N) is 1. The van der Waals surface area contributed by atoms with Gasteiger partial charge in [-0.15, -0.1) is 0 Å². The maximum Gasteiger partial charge on any atom is 0.226 e. The third-order valence-electron chi connectivity index (χ3n) is 4.61. The molecule has 0 saturated heterocycles. The number of nitrogens with one attached hydrogen (secondary N) is 1. The predicted molar refractivity (Wildman–Crippen MR) is 111 cm³/mol. The molecule has 2 aromatic heterocycles. The lowest BCUT2D eigenvalue weighted by molar-refractivity contribution is 0.530. The number of fused-ring (bicyclic) bond motifs is 2. The molecule has 6 heteroatoms. The number of anilines is 2. The fourth-order valence-electron chi connectivity index (χ4n) is 3.39. The van der Waals surface area contributed by atoms with Gasteiger partial charge in [-0.05, 0) is 28.7 Å². The third kappa shape index (κ3) is 3.56. The second kappa shape index (κ2) is 7.23. The van der Waals surface area contributed by atoms with Crippen LogP contribution in [0.25, 0.3) is 21.9 Å². The zero-order valence-electron chi connectivity index (χ0n) is 15.7. The van der Waals surface area contributed by atoms with Crippen molar-refractivity contribution in [1.29, 1.82) is 0 Å². The zero-order valence-corrected chi connectivity index (χ0v) is 15.7. The van der Waals surface area contributed by atoms with Crippen molar-refractivity contribution in [1.82, 2.24) is 19.5 Å². The first-order valence-corrected chi connectivity index (χ1v) is 9.30. The summed E-state index contributed by atoms with van der Waals surface area (Å²) in [5.41, 5.74) is 8.84. The van der Waals surface area contributed by atoms with Gasteiger partial charge < -0.3 is 15.6 Å². The molecule has 0 atom stereocenters. The maximum absolute atomic E-state index is 6.09. The van der Waals surface area contributed by atoms with Crippen molar-refractivity contribution in [2.75, 3.05) is 17.6 Å². The standard InChI is InChI=1S/C21H24N6/c1-14(2)12-27-13-24-18-19(22)25-21(26-20(18)27)23-11-10-16-8-5-7-15-6-3-4-9-17(15)16/h3-9,13-14H,10-12H2,1-2H3,(H3,22,23,25,26). The maximum atomic E-state index is 6.09. The van der Waals surface area contributed by atoms with Gasteiger partial charge in [0.05, 0.1) is 6.33 Å². The molecular formula is C21H24N6. The molecule has 3 N–H and O–H groups in total. The van der Waals surface area contributed by atoms with Crippen molar-refractivity contribution in [2.24, 2.45) is 5.92 Å². The van der Waals surface area contributed by atoms with E-state index in [2.05, 4.69) is 76.6 Å². The highest BCUT2D eigenvalue weighted by Crippen LogP contribution is 2.21. The van der Waals surface area contributed by atoms with Crippen molar-refractivity contribution in [3.8, 4) is 0 Å². The number of rotatable bonds is 6. The van der Waals surface area contributed by atoms with Crippen molar-refractivity contribution in [2.45, 2.75) is 26.8 Å². The highest BCUT2D eigenvalue weighted by atomic mass is 15.2. The van der Waals surface area contributed by atoms with E-state index in [0.717, 1.165) is 25.2 Å². The Morgan fingerprint density at radius 1 is 1.07 bits per heavy atom. The summed E-state index contributed by atoms with van der Waals surface area (Å²) in [6.07, 6.45) is 2.67. The van der Waals surface area contributed by atoms with Gasteiger partial charge in [0.15, 0.2) is 11.5 Å². The fraction of sp³-hybridized carbons (Fsp3) is 0.286. The molecule has 0 aliphatic carbocycles. The second-order valence-corrected chi connectivity index (χ2v) is 7.21. The molecule has 138 valence electrons. The average molecular weight is 360 g/mol. The van der Waals surface area contributed by atoms with Crippen LogP contribution in [0.3, 0.4) is 0 Å².